The number of halogens is 1. The number of unbranched alkanes of at least 4 members (excludes halogenated alkanes) is 1. The SMILES string of the molecule is CCCCNC(=O)C(Cc1ccccc1)N(Cc1ccccc1F)C(=O)COc1ccc(C)cc1C. The summed E-state index contributed by atoms with van der Waals surface area (Å²) >= 11 is 0. The summed E-state index contributed by atoms with van der Waals surface area (Å²) in [6.45, 7) is 6.17. The van der Waals surface area contributed by atoms with Gasteiger partial charge in [0.25, 0.3) is 5.91 Å². The molecule has 0 radical (unpaired) electrons. The Hall–Kier alpha value is -3.67. The molecule has 190 valence electrons. The molecular weight excluding hydrogens is 455 g/mol. The van der Waals surface area contributed by atoms with Gasteiger partial charge in [0.1, 0.15) is 17.6 Å². The average Bonchev–Trinajstić information content (AvgIpc) is 2.87. The lowest BCUT2D eigenvalue weighted by Gasteiger charge is -2.31. The van der Waals surface area contributed by atoms with E-state index < -0.39 is 11.9 Å². The maximum absolute atomic E-state index is 14.6. The van der Waals surface area contributed by atoms with E-state index >= 15 is 0 Å². The summed E-state index contributed by atoms with van der Waals surface area (Å²) in [6.07, 6.45) is 2.08. The molecule has 0 spiro atoms. The Morgan fingerprint density at radius 3 is 2.42 bits per heavy atom. The van der Waals surface area contributed by atoms with Crippen molar-refractivity contribution in [1.29, 1.82) is 0 Å². The standard InChI is InChI=1S/C30H35FN2O3/c1-4-5-17-32-30(35)27(19-24-11-7-6-8-12-24)33(20-25-13-9-10-14-26(25)31)29(34)21-36-28-16-15-22(2)18-23(28)3/h6-16,18,27H,4-5,17,19-21H2,1-3H3,(H,32,35). The fraction of sp³-hybridized carbons (Fsp3) is 0.333. The lowest BCUT2D eigenvalue weighted by molar-refractivity contribution is -0.142. The molecule has 0 heterocycles. The minimum Gasteiger partial charge on any atom is -0.483 e. The molecule has 0 bridgehead atoms. The van der Waals surface area contributed by atoms with E-state index in [2.05, 4.69) is 5.32 Å². The van der Waals surface area contributed by atoms with Gasteiger partial charge in [-0.15, -0.1) is 0 Å². The number of hydrogen-bond acceptors (Lipinski definition) is 3. The molecule has 0 aliphatic carbocycles. The first kappa shape index (κ1) is 26.9. The molecule has 0 aliphatic heterocycles. The molecule has 0 saturated carbocycles. The molecule has 36 heavy (non-hydrogen) atoms. The molecular formula is C30H35FN2O3. The van der Waals surface area contributed by atoms with Crippen molar-refractivity contribution in [3.63, 3.8) is 0 Å². The fourth-order valence-corrected chi connectivity index (χ4v) is 4.05. The van der Waals surface area contributed by atoms with Crippen molar-refractivity contribution in [2.45, 2.75) is 52.6 Å². The second-order valence-corrected chi connectivity index (χ2v) is 9.02. The van der Waals surface area contributed by atoms with E-state index in [1.165, 1.54) is 11.0 Å². The molecule has 1 atom stereocenters. The van der Waals surface area contributed by atoms with Gasteiger partial charge in [0.2, 0.25) is 5.91 Å². The van der Waals surface area contributed by atoms with E-state index in [-0.39, 0.29) is 25.0 Å². The minimum atomic E-state index is -0.820. The molecule has 3 rings (SSSR count). The number of benzene rings is 3. The summed E-state index contributed by atoms with van der Waals surface area (Å²) in [4.78, 5) is 28.4. The number of rotatable bonds is 12. The van der Waals surface area contributed by atoms with Crippen LogP contribution in [0, 0.1) is 19.7 Å². The van der Waals surface area contributed by atoms with Crippen molar-refractivity contribution in [1.82, 2.24) is 10.2 Å². The lowest BCUT2D eigenvalue weighted by Crippen LogP contribution is -2.52. The van der Waals surface area contributed by atoms with Crippen molar-refractivity contribution in [3.8, 4) is 5.75 Å². The molecule has 5 nitrogen and oxygen atoms in total. The highest BCUT2D eigenvalue weighted by Gasteiger charge is 2.31. The van der Waals surface area contributed by atoms with Crippen LogP contribution in [0.4, 0.5) is 4.39 Å². The van der Waals surface area contributed by atoms with Gasteiger partial charge in [-0.05, 0) is 43.5 Å². The summed E-state index contributed by atoms with van der Waals surface area (Å²) in [6, 6.07) is 20.8. The molecule has 1 unspecified atom stereocenters. The first-order valence-corrected chi connectivity index (χ1v) is 12.4. The largest absolute Gasteiger partial charge is 0.483 e. The summed E-state index contributed by atoms with van der Waals surface area (Å²) in [7, 11) is 0. The van der Waals surface area contributed by atoms with Gasteiger partial charge in [-0.25, -0.2) is 4.39 Å². The first-order valence-electron chi connectivity index (χ1n) is 12.4. The van der Waals surface area contributed by atoms with Crippen LogP contribution < -0.4 is 10.1 Å². The molecule has 3 aromatic rings. The van der Waals surface area contributed by atoms with E-state index in [1.54, 1.807) is 18.2 Å². The zero-order chi connectivity index (χ0) is 25.9. The van der Waals surface area contributed by atoms with Gasteiger partial charge < -0.3 is 15.0 Å². The highest BCUT2D eigenvalue weighted by atomic mass is 19.1. The van der Waals surface area contributed by atoms with E-state index in [1.807, 2.05) is 69.3 Å². The normalized spacial score (nSPS) is 11.6. The Balaban J connectivity index is 1.90. The zero-order valence-electron chi connectivity index (χ0n) is 21.3. The highest BCUT2D eigenvalue weighted by Crippen LogP contribution is 2.20. The number of amides is 2. The molecule has 0 aliphatic rings. The number of carbonyl (C=O) groups excluding carboxylic acids is 2. The number of nitrogens with one attached hydrogen (secondary N) is 1. The Kier molecular flexibility index (Phi) is 10.0. The summed E-state index contributed by atoms with van der Waals surface area (Å²) in [5, 5.41) is 2.96. The number of aryl methyl sites for hydroxylation is 2. The minimum absolute atomic E-state index is 0.0412. The Bertz CT molecular complexity index is 1150. The zero-order valence-corrected chi connectivity index (χ0v) is 21.3. The predicted molar refractivity (Wildman–Crippen MR) is 140 cm³/mol. The molecule has 3 aromatic carbocycles. The van der Waals surface area contributed by atoms with Crippen LogP contribution in [0.15, 0.2) is 72.8 Å². The Morgan fingerprint density at radius 1 is 1.00 bits per heavy atom. The van der Waals surface area contributed by atoms with Crippen LogP contribution in [0.5, 0.6) is 5.75 Å². The van der Waals surface area contributed by atoms with Crippen LogP contribution in [0.3, 0.4) is 0 Å². The van der Waals surface area contributed by atoms with Crippen LogP contribution in [-0.2, 0) is 22.6 Å². The van der Waals surface area contributed by atoms with Crippen molar-refractivity contribution in [2.75, 3.05) is 13.2 Å². The Morgan fingerprint density at radius 2 is 1.72 bits per heavy atom. The fourth-order valence-electron chi connectivity index (χ4n) is 4.05. The predicted octanol–water partition coefficient (Wildman–Crippen LogP) is 5.38. The average molecular weight is 491 g/mol. The van der Waals surface area contributed by atoms with Gasteiger partial charge in [0, 0.05) is 25.1 Å². The lowest BCUT2D eigenvalue weighted by atomic mass is 10.0. The van der Waals surface area contributed by atoms with Crippen molar-refractivity contribution >= 4 is 11.8 Å². The third-order valence-electron chi connectivity index (χ3n) is 6.08. The van der Waals surface area contributed by atoms with Crippen LogP contribution in [0.2, 0.25) is 0 Å². The van der Waals surface area contributed by atoms with Gasteiger partial charge >= 0.3 is 0 Å². The maximum Gasteiger partial charge on any atom is 0.261 e. The topological polar surface area (TPSA) is 58.6 Å². The van der Waals surface area contributed by atoms with Gasteiger partial charge in [0.15, 0.2) is 6.61 Å². The van der Waals surface area contributed by atoms with Crippen molar-refractivity contribution in [3.05, 3.63) is 101 Å². The van der Waals surface area contributed by atoms with E-state index in [0.29, 0.717) is 24.3 Å². The molecule has 6 heteroatoms. The van der Waals surface area contributed by atoms with Gasteiger partial charge in [0.05, 0.1) is 0 Å². The van der Waals surface area contributed by atoms with E-state index in [9.17, 15) is 14.0 Å². The van der Waals surface area contributed by atoms with E-state index in [0.717, 1.165) is 29.5 Å². The van der Waals surface area contributed by atoms with Crippen LogP contribution >= 0.6 is 0 Å². The molecule has 0 fully saturated rings. The van der Waals surface area contributed by atoms with Gasteiger partial charge in [-0.2, -0.15) is 0 Å². The molecule has 1 N–H and O–H groups in total. The molecule has 0 saturated heterocycles. The molecule has 2 amide bonds. The number of nitrogens with zero attached hydrogens (tertiary/aromatic N) is 1. The monoisotopic (exact) mass is 490 g/mol. The second-order valence-electron chi connectivity index (χ2n) is 9.02. The third kappa shape index (κ3) is 7.67. The summed E-state index contributed by atoms with van der Waals surface area (Å²) in [5.74, 6) is -0.462. The van der Waals surface area contributed by atoms with Crippen molar-refractivity contribution in [2.24, 2.45) is 0 Å². The highest BCUT2D eigenvalue weighted by molar-refractivity contribution is 5.88. The summed E-state index contributed by atoms with van der Waals surface area (Å²) < 4.78 is 20.5. The van der Waals surface area contributed by atoms with Gasteiger partial charge in [-0.3, -0.25) is 9.59 Å². The number of ether oxygens (including phenoxy) is 1. The number of carbonyl (C=O) groups is 2. The maximum atomic E-state index is 14.6. The van der Waals surface area contributed by atoms with Crippen LogP contribution in [0.25, 0.3) is 0 Å². The van der Waals surface area contributed by atoms with Crippen LogP contribution in [0.1, 0.15) is 42.0 Å². The first-order chi connectivity index (χ1) is 17.4. The number of hydrogen-bond donors (Lipinski definition) is 1. The van der Waals surface area contributed by atoms with Crippen molar-refractivity contribution < 1.29 is 18.7 Å². The summed E-state index contributed by atoms with van der Waals surface area (Å²) in [5.41, 5.74) is 3.27. The smallest absolute Gasteiger partial charge is 0.261 e. The Labute approximate surface area is 213 Å². The van der Waals surface area contributed by atoms with Crippen LogP contribution in [-0.4, -0.2) is 35.9 Å². The second kappa shape index (κ2) is 13.4. The van der Waals surface area contributed by atoms with Gasteiger partial charge in [-0.1, -0.05) is 79.6 Å². The molecule has 0 aromatic heterocycles. The third-order valence-corrected chi connectivity index (χ3v) is 6.08. The quantitative estimate of drug-likeness (QED) is 0.347. The van der Waals surface area contributed by atoms with E-state index in [4.69, 9.17) is 4.74 Å².